The fraction of sp³-hybridized carbons (Fsp3) is 0.793. The Bertz CT molecular complexity index is 796. The number of fused-ring (bicyclic) bond motifs is 5. The van der Waals surface area contributed by atoms with Gasteiger partial charge in [-0.05, 0) is 94.5 Å². The van der Waals surface area contributed by atoms with Gasteiger partial charge in [-0.15, -0.1) is 0 Å². The second kappa shape index (κ2) is 8.62. The number of rotatable bonds is 6. The van der Waals surface area contributed by atoms with Crippen molar-refractivity contribution in [2.45, 2.75) is 109 Å². The number of unbranched alkanes of at least 4 members (excludes halogenated alkanes) is 1. The van der Waals surface area contributed by atoms with E-state index in [0.717, 1.165) is 70.8 Å². The van der Waals surface area contributed by atoms with E-state index >= 15 is 0 Å². The molecule has 0 saturated heterocycles. The fourth-order valence-corrected chi connectivity index (χ4v) is 8.54. The first-order valence-corrected chi connectivity index (χ1v) is 13.5. The highest BCUT2D eigenvalue weighted by atomic mass is 16.5. The van der Waals surface area contributed by atoms with Gasteiger partial charge < -0.3 is 14.9 Å². The third-order valence-corrected chi connectivity index (χ3v) is 10.4. The Kier molecular flexibility index (Phi) is 6.12. The zero-order chi connectivity index (χ0) is 22.4. The van der Waals surface area contributed by atoms with Gasteiger partial charge in [-0.2, -0.15) is 0 Å². The Labute approximate surface area is 195 Å². The van der Waals surface area contributed by atoms with Crippen LogP contribution < -0.4 is 0 Å². The first-order chi connectivity index (χ1) is 15.4. The predicted molar refractivity (Wildman–Crippen MR) is 129 cm³/mol. The van der Waals surface area contributed by atoms with Crippen molar-refractivity contribution in [3.8, 4) is 0 Å². The molecule has 3 fully saturated rings. The molecule has 0 radical (unpaired) electrons. The number of aliphatic hydroxyl groups is 2. The van der Waals surface area contributed by atoms with Crippen LogP contribution in [0.4, 0.5) is 0 Å². The van der Waals surface area contributed by atoms with Crippen molar-refractivity contribution in [2.24, 2.45) is 28.6 Å². The highest BCUT2D eigenvalue weighted by Crippen LogP contribution is 2.68. The SMILES string of the molecule is CCCC=CC1(O)CC[C@H]2[C@@H]3CCC4=CC(O)CC[C@]4(COC4=CCCC4)[C@@H]3CC[C@@]21C. The van der Waals surface area contributed by atoms with E-state index < -0.39 is 5.60 Å². The Morgan fingerprint density at radius 3 is 2.72 bits per heavy atom. The molecule has 5 rings (SSSR count). The lowest BCUT2D eigenvalue weighted by Crippen LogP contribution is -2.56. The zero-order valence-corrected chi connectivity index (χ0v) is 20.3. The molecule has 0 heterocycles. The summed E-state index contributed by atoms with van der Waals surface area (Å²) in [5.74, 6) is 3.07. The van der Waals surface area contributed by atoms with Crippen LogP contribution in [-0.2, 0) is 4.74 Å². The van der Waals surface area contributed by atoms with E-state index in [1.807, 2.05) is 0 Å². The molecule has 0 aromatic carbocycles. The van der Waals surface area contributed by atoms with Crippen molar-refractivity contribution in [1.29, 1.82) is 0 Å². The molecule has 178 valence electrons. The van der Waals surface area contributed by atoms with E-state index in [2.05, 4.69) is 38.2 Å². The number of hydrogen-bond donors (Lipinski definition) is 2. The number of hydrogen-bond acceptors (Lipinski definition) is 3. The average molecular weight is 441 g/mol. The highest BCUT2D eigenvalue weighted by molar-refractivity contribution is 5.28. The monoisotopic (exact) mass is 440 g/mol. The maximum Gasteiger partial charge on any atom is 0.0973 e. The molecule has 0 amide bonds. The van der Waals surface area contributed by atoms with Crippen LogP contribution in [0.5, 0.6) is 0 Å². The molecule has 0 aromatic rings. The lowest BCUT2D eigenvalue weighted by molar-refractivity contribution is -0.118. The van der Waals surface area contributed by atoms with Gasteiger partial charge in [0.15, 0.2) is 0 Å². The first-order valence-electron chi connectivity index (χ1n) is 13.5. The third kappa shape index (κ3) is 3.54. The molecule has 3 nitrogen and oxygen atoms in total. The first kappa shape index (κ1) is 22.7. The Hall–Kier alpha value is -1.06. The maximum absolute atomic E-state index is 11.8. The summed E-state index contributed by atoms with van der Waals surface area (Å²) in [5, 5.41) is 22.2. The van der Waals surface area contributed by atoms with Gasteiger partial charge in [-0.3, -0.25) is 0 Å². The van der Waals surface area contributed by atoms with Crippen molar-refractivity contribution in [2.75, 3.05) is 6.61 Å². The van der Waals surface area contributed by atoms with E-state index in [1.165, 1.54) is 30.6 Å². The zero-order valence-electron chi connectivity index (χ0n) is 20.3. The van der Waals surface area contributed by atoms with Gasteiger partial charge in [0, 0.05) is 17.3 Å². The summed E-state index contributed by atoms with van der Waals surface area (Å²) in [6.45, 7) is 5.39. The van der Waals surface area contributed by atoms with Crippen LogP contribution in [0.25, 0.3) is 0 Å². The molecular weight excluding hydrogens is 396 g/mol. The van der Waals surface area contributed by atoms with E-state index in [0.29, 0.717) is 17.8 Å². The molecule has 0 spiro atoms. The van der Waals surface area contributed by atoms with Crippen molar-refractivity contribution < 1.29 is 14.9 Å². The van der Waals surface area contributed by atoms with E-state index in [4.69, 9.17) is 4.74 Å². The standard InChI is InChI=1S/C29H44O3/c1-3-4-7-15-29(31)18-14-25-24-11-10-21-19-22(30)12-17-28(21,20-32-23-8-5-6-9-23)26(24)13-16-27(25,29)2/h7-8,15,19,22,24-26,30-31H,3-6,9-14,16-18,20H2,1-2H3/t22?,24-,25-,26+,27-,28+,29?/m0/s1. The van der Waals surface area contributed by atoms with Crippen molar-refractivity contribution >= 4 is 0 Å². The van der Waals surface area contributed by atoms with Crippen LogP contribution in [-0.4, -0.2) is 28.5 Å². The predicted octanol–water partition coefficient (Wildman–Crippen LogP) is 6.46. The van der Waals surface area contributed by atoms with Gasteiger partial charge in [0.25, 0.3) is 0 Å². The Morgan fingerprint density at radius 2 is 1.94 bits per heavy atom. The summed E-state index contributed by atoms with van der Waals surface area (Å²) in [6.07, 6.45) is 22.8. The topological polar surface area (TPSA) is 49.7 Å². The van der Waals surface area contributed by atoms with Crippen molar-refractivity contribution in [3.05, 3.63) is 35.6 Å². The van der Waals surface area contributed by atoms with Gasteiger partial charge in [0.05, 0.1) is 24.1 Å². The molecule has 3 saturated carbocycles. The number of aliphatic hydroxyl groups excluding tert-OH is 1. The maximum atomic E-state index is 11.8. The molecule has 5 aliphatic carbocycles. The van der Waals surface area contributed by atoms with Crippen LogP contribution >= 0.6 is 0 Å². The van der Waals surface area contributed by atoms with Crippen molar-refractivity contribution in [3.63, 3.8) is 0 Å². The highest BCUT2D eigenvalue weighted by Gasteiger charge is 2.64. The third-order valence-electron chi connectivity index (χ3n) is 10.4. The molecule has 3 heteroatoms. The summed E-state index contributed by atoms with van der Waals surface area (Å²) >= 11 is 0. The molecule has 0 aliphatic heterocycles. The normalized spacial score (nSPS) is 45.8. The van der Waals surface area contributed by atoms with Gasteiger partial charge in [0.2, 0.25) is 0 Å². The molecule has 0 bridgehead atoms. The van der Waals surface area contributed by atoms with Gasteiger partial charge in [-0.25, -0.2) is 0 Å². The molecule has 2 N–H and O–H groups in total. The minimum atomic E-state index is -0.644. The summed E-state index contributed by atoms with van der Waals surface area (Å²) in [5.41, 5.74) is 0.917. The molecule has 0 aromatic heterocycles. The van der Waals surface area contributed by atoms with E-state index in [9.17, 15) is 10.2 Å². The van der Waals surface area contributed by atoms with Crippen LogP contribution in [0.1, 0.15) is 97.3 Å². The quantitative estimate of drug-likeness (QED) is 0.466. The van der Waals surface area contributed by atoms with Gasteiger partial charge in [0.1, 0.15) is 0 Å². The summed E-state index contributed by atoms with van der Waals surface area (Å²) in [7, 11) is 0. The van der Waals surface area contributed by atoms with Gasteiger partial charge in [-0.1, -0.05) is 44.1 Å². The molecule has 7 atom stereocenters. The van der Waals surface area contributed by atoms with Crippen LogP contribution in [0.2, 0.25) is 0 Å². The van der Waals surface area contributed by atoms with Crippen LogP contribution in [0.15, 0.2) is 35.6 Å². The molecule has 5 aliphatic rings. The summed E-state index contributed by atoms with van der Waals surface area (Å²) in [4.78, 5) is 0. The number of allylic oxidation sites excluding steroid dienone is 3. The second-order valence-electron chi connectivity index (χ2n) is 11.8. The fourth-order valence-electron chi connectivity index (χ4n) is 8.54. The smallest absolute Gasteiger partial charge is 0.0973 e. The largest absolute Gasteiger partial charge is 0.497 e. The summed E-state index contributed by atoms with van der Waals surface area (Å²) in [6, 6.07) is 0. The number of ether oxygens (including phenoxy) is 1. The van der Waals surface area contributed by atoms with Crippen LogP contribution in [0.3, 0.4) is 0 Å². The summed E-state index contributed by atoms with van der Waals surface area (Å²) < 4.78 is 6.51. The van der Waals surface area contributed by atoms with Crippen LogP contribution in [0, 0.1) is 28.6 Å². The molecular formula is C29H44O3. The lowest BCUT2D eigenvalue weighted by Gasteiger charge is -2.59. The van der Waals surface area contributed by atoms with Gasteiger partial charge >= 0.3 is 0 Å². The Balaban J connectivity index is 1.43. The lowest BCUT2D eigenvalue weighted by atomic mass is 9.46. The second-order valence-corrected chi connectivity index (χ2v) is 11.8. The molecule has 2 unspecified atom stereocenters. The molecule has 32 heavy (non-hydrogen) atoms. The van der Waals surface area contributed by atoms with E-state index in [-0.39, 0.29) is 16.9 Å². The van der Waals surface area contributed by atoms with E-state index in [1.54, 1.807) is 0 Å². The Morgan fingerprint density at radius 1 is 1.09 bits per heavy atom. The minimum absolute atomic E-state index is 0.0101. The average Bonchev–Trinajstić information content (AvgIpc) is 3.39. The minimum Gasteiger partial charge on any atom is -0.497 e. The van der Waals surface area contributed by atoms with Crippen molar-refractivity contribution in [1.82, 2.24) is 0 Å².